The van der Waals surface area contributed by atoms with Crippen LogP contribution in [-0.2, 0) is 4.79 Å². The highest BCUT2D eigenvalue weighted by Crippen LogP contribution is 2.00. The average molecular weight is 228 g/mol. The van der Waals surface area contributed by atoms with Crippen molar-refractivity contribution in [2.24, 2.45) is 0 Å². The van der Waals surface area contributed by atoms with Crippen LogP contribution in [0.3, 0.4) is 0 Å². The van der Waals surface area contributed by atoms with Gasteiger partial charge in [-0.05, 0) is 25.9 Å². The molecule has 0 radical (unpaired) electrons. The first-order chi connectivity index (χ1) is 6.70. The van der Waals surface area contributed by atoms with E-state index in [0.29, 0.717) is 6.54 Å². The number of carbonyl (C=O) groups is 1. The fourth-order valence-electron chi connectivity index (χ4n) is 1.35. The third kappa shape index (κ3) is 12.1. The van der Waals surface area contributed by atoms with E-state index in [1.165, 1.54) is 25.7 Å². The SMILES string of the molecule is CCCCN(CCCC)CCC(=O)O.[MgH2]. The van der Waals surface area contributed by atoms with Crippen LogP contribution in [-0.4, -0.2) is 58.7 Å². The maximum atomic E-state index is 10.4. The van der Waals surface area contributed by atoms with Crippen molar-refractivity contribution in [1.82, 2.24) is 4.90 Å². The van der Waals surface area contributed by atoms with Crippen LogP contribution in [0.2, 0.25) is 0 Å². The topological polar surface area (TPSA) is 40.5 Å². The van der Waals surface area contributed by atoms with Crippen LogP contribution in [0.5, 0.6) is 0 Å². The molecule has 0 saturated carbocycles. The van der Waals surface area contributed by atoms with E-state index < -0.39 is 5.97 Å². The molecule has 0 aromatic heterocycles. The number of nitrogens with zero attached hydrogens (tertiary/aromatic N) is 1. The first-order valence-corrected chi connectivity index (χ1v) is 5.64. The molecule has 88 valence electrons. The predicted octanol–water partition coefficient (Wildman–Crippen LogP) is 1.45. The number of hydrogen-bond acceptors (Lipinski definition) is 2. The van der Waals surface area contributed by atoms with E-state index in [4.69, 9.17) is 5.11 Å². The van der Waals surface area contributed by atoms with Crippen LogP contribution in [0.1, 0.15) is 46.0 Å². The summed E-state index contributed by atoms with van der Waals surface area (Å²) >= 11 is 0. The molecule has 0 rings (SSSR count). The van der Waals surface area contributed by atoms with Crippen LogP contribution in [0.25, 0.3) is 0 Å². The summed E-state index contributed by atoms with van der Waals surface area (Å²) in [6, 6.07) is 0. The zero-order valence-electron chi connectivity index (χ0n) is 9.46. The second-order valence-corrected chi connectivity index (χ2v) is 3.69. The number of aliphatic carboxylic acids is 1. The maximum absolute atomic E-state index is 10.4. The van der Waals surface area contributed by atoms with Gasteiger partial charge in [0.25, 0.3) is 0 Å². The Morgan fingerprint density at radius 1 is 1.07 bits per heavy atom. The van der Waals surface area contributed by atoms with Crippen molar-refractivity contribution in [3.05, 3.63) is 0 Å². The third-order valence-corrected chi connectivity index (χ3v) is 2.30. The summed E-state index contributed by atoms with van der Waals surface area (Å²) in [4.78, 5) is 12.7. The van der Waals surface area contributed by atoms with Gasteiger partial charge in [-0.15, -0.1) is 0 Å². The lowest BCUT2D eigenvalue weighted by atomic mass is 10.2. The number of carboxylic acid groups (broad SMARTS) is 1. The highest BCUT2D eigenvalue weighted by molar-refractivity contribution is 5.75. The predicted molar refractivity (Wildman–Crippen MR) is 67.1 cm³/mol. The lowest BCUT2D eigenvalue weighted by Gasteiger charge is -2.20. The fraction of sp³-hybridized carbons (Fsp3) is 0.909. The Morgan fingerprint density at radius 3 is 1.87 bits per heavy atom. The highest BCUT2D eigenvalue weighted by Gasteiger charge is 2.05. The van der Waals surface area contributed by atoms with Gasteiger partial charge in [0.1, 0.15) is 0 Å². The third-order valence-electron chi connectivity index (χ3n) is 2.30. The second kappa shape index (κ2) is 12.3. The molecule has 0 amide bonds. The van der Waals surface area contributed by atoms with Crippen LogP contribution in [0, 0.1) is 0 Å². The van der Waals surface area contributed by atoms with Gasteiger partial charge < -0.3 is 10.0 Å². The quantitative estimate of drug-likeness (QED) is 0.606. The molecule has 0 unspecified atom stereocenters. The number of unbranched alkanes of at least 4 members (excludes halogenated alkanes) is 2. The van der Waals surface area contributed by atoms with Crippen LogP contribution < -0.4 is 0 Å². The summed E-state index contributed by atoms with van der Waals surface area (Å²) in [6.07, 6.45) is 4.96. The van der Waals surface area contributed by atoms with E-state index in [1.807, 2.05) is 0 Å². The molecule has 3 nitrogen and oxygen atoms in total. The van der Waals surface area contributed by atoms with Gasteiger partial charge in [-0.2, -0.15) is 0 Å². The van der Waals surface area contributed by atoms with E-state index in [1.54, 1.807) is 0 Å². The molecule has 0 aliphatic rings. The second-order valence-electron chi connectivity index (χ2n) is 3.69. The van der Waals surface area contributed by atoms with Gasteiger partial charge >= 0.3 is 29.0 Å². The Balaban J connectivity index is 0. The van der Waals surface area contributed by atoms with Crippen molar-refractivity contribution in [3.8, 4) is 0 Å². The number of rotatable bonds is 9. The van der Waals surface area contributed by atoms with E-state index in [0.717, 1.165) is 13.1 Å². The van der Waals surface area contributed by atoms with Gasteiger partial charge in [-0.1, -0.05) is 26.7 Å². The molecule has 0 saturated heterocycles. The molecule has 0 spiro atoms. The van der Waals surface area contributed by atoms with Crippen molar-refractivity contribution in [2.75, 3.05) is 19.6 Å². The van der Waals surface area contributed by atoms with E-state index >= 15 is 0 Å². The maximum Gasteiger partial charge on any atom is 0.316 e. The van der Waals surface area contributed by atoms with Crippen molar-refractivity contribution in [3.63, 3.8) is 0 Å². The monoisotopic (exact) mass is 227 g/mol. The molecule has 4 heteroatoms. The van der Waals surface area contributed by atoms with Crippen LogP contribution in [0.15, 0.2) is 0 Å². The molecule has 0 heterocycles. The van der Waals surface area contributed by atoms with Crippen molar-refractivity contribution in [1.29, 1.82) is 0 Å². The molecule has 15 heavy (non-hydrogen) atoms. The van der Waals surface area contributed by atoms with Gasteiger partial charge in [-0.3, -0.25) is 4.79 Å². The van der Waals surface area contributed by atoms with Gasteiger partial charge in [0.15, 0.2) is 0 Å². The van der Waals surface area contributed by atoms with Gasteiger partial charge in [-0.25, -0.2) is 0 Å². The molecule has 0 aromatic rings. The molecule has 0 bridgehead atoms. The summed E-state index contributed by atoms with van der Waals surface area (Å²) in [5.41, 5.74) is 0. The minimum atomic E-state index is -0.692. The van der Waals surface area contributed by atoms with Gasteiger partial charge in [0, 0.05) is 6.54 Å². The summed E-state index contributed by atoms with van der Waals surface area (Å²) < 4.78 is 0. The van der Waals surface area contributed by atoms with Crippen molar-refractivity contribution >= 4 is 29.0 Å². The molecule has 0 aliphatic heterocycles. The smallest absolute Gasteiger partial charge is 0.316 e. The van der Waals surface area contributed by atoms with Crippen molar-refractivity contribution in [2.45, 2.75) is 46.0 Å². The first kappa shape index (κ1) is 17.6. The van der Waals surface area contributed by atoms with E-state index in [-0.39, 0.29) is 29.5 Å². The zero-order chi connectivity index (χ0) is 10.8. The molecule has 0 atom stereocenters. The van der Waals surface area contributed by atoms with E-state index in [9.17, 15) is 4.79 Å². The highest BCUT2D eigenvalue weighted by atomic mass is 24.3. The summed E-state index contributed by atoms with van der Waals surface area (Å²) in [6.45, 7) is 7.12. The fourth-order valence-corrected chi connectivity index (χ4v) is 1.35. The number of carboxylic acids is 1. The average Bonchev–Trinajstić information content (AvgIpc) is 2.16. The Morgan fingerprint density at radius 2 is 1.53 bits per heavy atom. The molecule has 0 aliphatic carbocycles. The van der Waals surface area contributed by atoms with Gasteiger partial charge in [0.2, 0.25) is 0 Å². The Labute approximate surface area is 109 Å². The van der Waals surface area contributed by atoms with Crippen LogP contribution in [0.4, 0.5) is 0 Å². The molecular weight excluding hydrogens is 202 g/mol. The van der Waals surface area contributed by atoms with E-state index in [2.05, 4.69) is 18.7 Å². The standard InChI is InChI=1S/C11H23NO2.Mg.2H/c1-3-5-8-12(9-6-4-2)10-7-11(13)14;;;/h3-10H2,1-2H3,(H,13,14);;;. The normalized spacial score (nSPS) is 10.1. The van der Waals surface area contributed by atoms with Gasteiger partial charge in [0.05, 0.1) is 6.42 Å². The minimum absolute atomic E-state index is 0. The molecule has 1 N–H and O–H groups in total. The minimum Gasteiger partial charge on any atom is -0.481 e. The zero-order valence-corrected chi connectivity index (χ0v) is 9.46. The van der Waals surface area contributed by atoms with Crippen LogP contribution >= 0.6 is 0 Å². The summed E-state index contributed by atoms with van der Waals surface area (Å²) in [7, 11) is 0. The Bertz CT molecular complexity index is 146. The Kier molecular flexibility index (Phi) is 14.4. The van der Waals surface area contributed by atoms with Crippen molar-refractivity contribution < 1.29 is 9.90 Å². The summed E-state index contributed by atoms with van der Waals surface area (Å²) in [5, 5.41) is 8.59. The molecule has 0 fully saturated rings. The Hall–Kier alpha value is 0.196. The number of hydrogen-bond donors (Lipinski definition) is 1. The lowest BCUT2D eigenvalue weighted by molar-refractivity contribution is -0.137. The summed E-state index contributed by atoms with van der Waals surface area (Å²) in [5.74, 6) is -0.692. The lowest BCUT2D eigenvalue weighted by Crippen LogP contribution is -2.28. The molecule has 0 aromatic carbocycles. The molecular formula is C11H25MgNO2. The first-order valence-electron chi connectivity index (χ1n) is 5.64. The largest absolute Gasteiger partial charge is 0.481 e.